The zero-order valence-electron chi connectivity index (χ0n) is 9.80. The maximum Gasteiger partial charge on any atom is 0.418 e. The van der Waals surface area contributed by atoms with Gasteiger partial charge in [0.15, 0.2) is 0 Å². The van der Waals surface area contributed by atoms with Gasteiger partial charge in [0.05, 0.1) is 16.9 Å². The van der Waals surface area contributed by atoms with Crippen molar-refractivity contribution in [2.45, 2.75) is 13.1 Å². The fraction of sp³-hybridized carbons (Fsp3) is 0.500. The van der Waals surface area contributed by atoms with E-state index in [0.29, 0.717) is 24.7 Å². The third kappa shape index (κ3) is 2.33. The molecule has 0 fully saturated rings. The van der Waals surface area contributed by atoms with Crippen LogP contribution in [0.3, 0.4) is 0 Å². The van der Waals surface area contributed by atoms with Gasteiger partial charge >= 0.3 is 6.18 Å². The van der Waals surface area contributed by atoms with Gasteiger partial charge in [-0.1, -0.05) is 13.0 Å². The Morgan fingerprint density at radius 1 is 1.35 bits per heavy atom. The van der Waals surface area contributed by atoms with E-state index < -0.39 is 11.7 Å². The van der Waals surface area contributed by atoms with Crippen molar-refractivity contribution in [3.63, 3.8) is 0 Å². The molecule has 0 aliphatic carbocycles. The van der Waals surface area contributed by atoms with Crippen LogP contribution in [0.2, 0.25) is 0 Å². The van der Waals surface area contributed by atoms with Gasteiger partial charge in [-0.05, 0) is 18.1 Å². The van der Waals surface area contributed by atoms with Gasteiger partial charge in [0.25, 0.3) is 0 Å². The van der Waals surface area contributed by atoms with E-state index in [1.54, 1.807) is 18.0 Å². The minimum Gasteiger partial charge on any atom is -0.383 e. The van der Waals surface area contributed by atoms with Gasteiger partial charge in [0, 0.05) is 20.1 Å². The van der Waals surface area contributed by atoms with Crippen LogP contribution in [-0.4, -0.2) is 20.1 Å². The topological polar surface area (TPSA) is 15.3 Å². The Kier molecular flexibility index (Phi) is 2.93. The highest BCUT2D eigenvalue weighted by molar-refractivity contribution is 5.75. The highest BCUT2D eigenvalue weighted by atomic mass is 19.4. The van der Waals surface area contributed by atoms with Gasteiger partial charge in [-0.2, -0.15) is 13.2 Å². The molecule has 1 aromatic carbocycles. The number of benzene rings is 1. The van der Waals surface area contributed by atoms with E-state index in [9.17, 15) is 13.2 Å². The van der Waals surface area contributed by atoms with Gasteiger partial charge in [-0.15, -0.1) is 0 Å². The number of fused-ring (bicyclic) bond motifs is 1. The first-order valence-corrected chi connectivity index (χ1v) is 5.55. The monoisotopic (exact) mass is 244 g/mol. The van der Waals surface area contributed by atoms with Crippen molar-refractivity contribution in [1.82, 2.24) is 0 Å². The summed E-state index contributed by atoms with van der Waals surface area (Å²) < 4.78 is 38.8. The zero-order valence-corrected chi connectivity index (χ0v) is 9.80. The SMILES string of the molecule is CC1CNc2cccc(C(F)(F)F)c2N(C)C1. The molecule has 2 rings (SSSR count). The summed E-state index contributed by atoms with van der Waals surface area (Å²) in [6.07, 6.45) is -4.31. The molecule has 0 saturated carbocycles. The summed E-state index contributed by atoms with van der Waals surface area (Å²) in [6, 6.07) is 4.27. The molecule has 5 heteroatoms. The van der Waals surface area contributed by atoms with Crippen molar-refractivity contribution < 1.29 is 13.2 Å². The number of alkyl halides is 3. The van der Waals surface area contributed by atoms with Crippen LogP contribution < -0.4 is 10.2 Å². The molecule has 1 aromatic rings. The summed E-state index contributed by atoms with van der Waals surface area (Å²) in [7, 11) is 1.71. The number of hydrogen-bond donors (Lipinski definition) is 1. The second kappa shape index (κ2) is 4.13. The lowest BCUT2D eigenvalue weighted by Crippen LogP contribution is -2.26. The third-order valence-electron chi connectivity index (χ3n) is 2.95. The lowest BCUT2D eigenvalue weighted by Gasteiger charge is -2.24. The van der Waals surface area contributed by atoms with Gasteiger partial charge in [0.1, 0.15) is 0 Å². The number of hydrogen-bond acceptors (Lipinski definition) is 2. The number of nitrogens with one attached hydrogen (secondary N) is 1. The van der Waals surface area contributed by atoms with Gasteiger partial charge in [-0.25, -0.2) is 0 Å². The smallest absolute Gasteiger partial charge is 0.383 e. The van der Waals surface area contributed by atoms with E-state index in [1.165, 1.54) is 6.07 Å². The Balaban J connectivity index is 2.53. The zero-order chi connectivity index (χ0) is 12.6. The first-order valence-electron chi connectivity index (χ1n) is 5.55. The molecule has 0 spiro atoms. The van der Waals surface area contributed by atoms with Crippen molar-refractivity contribution in [3.8, 4) is 0 Å². The molecule has 1 atom stereocenters. The van der Waals surface area contributed by atoms with E-state index in [4.69, 9.17) is 0 Å². The molecule has 2 nitrogen and oxygen atoms in total. The van der Waals surface area contributed by atoms with Crippen molar-refractivity contribution in [2.24, 2.45) is 5.92 Å². The van der Waals surface area contributed by atoms with Crippen molar-refractivity contribution in [1.29, 1.82) is 0 Å². The second-order valence-corrected chi connectivity index (χ2v) is 4.57. The molecule has 1 N–H and O–H groups in total. The van der Waals surface area contributed by atoms with Crippen LogP contribution in [0.5, 0.6) is 0 Å². The first-order chi connectivity index (χ1) is 7.89. The van der Waals surface area contributed by atoms with E-state index >= 15 is 0 Å². The summed E-state index contributed by atoms with van der Waals surface area (Å²) in [5.41, 5.74) is 0.245. The Hall–Kier alpha value is -1.39. The molecule has 1 aliphatic rings. The number of anilines is 2. The standard InChI is InChI=1S/C12H15F3N2/c1-8-6-16-10-5-3-4-9(12(13,14)15)11(10)17(2)7-8/h3-5,8,16H,6-7H2,1-2H3. The van der Waals surface area contributed by atoms with Crippen LogP contribution in [0.4, 0.5) is 24.5 Å². The maximum absolute atomic E-state index is 12.9. The van der Waals surface area contributed by atoms with Crippen molar-refractivity contribution in [3.05, 3.63) is 23.8 Å². The predicted octanol–water partition coefficient (Wildman–Crippen LogP) is 3.20. The van der Waals surface area contributed by atoms with Gasteiger partial charge < -0.3 is 10.2 Å². The summed E-state index contributed by atoms with van der Waals surface area (Å²) in [6.45, 7) is 3.33. The van der Waals surface area contributed by atoms with Crippen LogP contribution in [-0.2, 0) is 6.18 Å². The molecule has 0 bridgehead atoms. The third-order valence-corrected chi connectivity index (χ3v) is 2.95. The quantitative estimate of drug-likeness (QED) is 0.754. The summed E-state index contributed by atoms with van der Waals surface area (Å²) in [5.74, 6) is 0.313. The molecule has 0 aromatic heterocycles. The summed E-state index contributed by atoms with van der Waals surface area (Å²) in [4.78, 5) is 1.68. The molecular weight excluding hydrogens is 229 g/mol. The molecule has 17 heavy (non-hydrogen) atoms. The molecule has 94 valence electrons. The minimum atomic E-state index is -4.31. The van der Waals surface area contributed by atoms with E-state index in [0.717, 1.165) is 6.07 Å². The molecule has 0 radical (unpaired) electrons. The Morgan fingerprint density at radius 2 is 2.06 bits per heavy atom. The van der Waals surface area contributed by atoms with Crippen LogP contribution in [0.15, 0.2) is 18.2 Å². The van der Waals surface area contributed by atoms with E-state index in [-0.39, 0.29) is 5.69 Å². The average molecular weight is 244 g/mol. The van der Waals surface area contributed by atoms with E-state index in [1.807, 2.05) is 6.92 Å². The number of rotatable bonds is 0. The lowest BCUT2D eigenvalue weighted by molar-refractivity contribution is -0.137. The normalized spacial score (nSPS) is 20.5. The highest BCUT2D eigenvalue weighted by Crippen LogP contribution is 2.41. The summed E-state index contributed by atoms with van der Waals surface area (Å²) in [5, 5.41) is 3.08. The van der Waals surface area contributed by atoms with Crippen LogP contribution in [0.25, 0.3) is 0 Å². The second-order valence-electron chi connectivity index (χ2n) is 4.57. The Bertz CT molecular complexity index is 415. The first kappa shape index (κ1) is 12.1. The maximum atomic E-state index is 12.9. The molecule has 0 amide bonds. The van der Waals surface area contributed by atoms with Crippen LogP contribution in [0, 0.1) is 5.92 Å². The van der Waals surface area contributed by atoms with Crippen LogP contribution >= 0.6 is 0 Å². The largest absolute Gasteiger partial charge is 0.418 e. The molecular formula is C12H15F3N2. The molecule has 0 saturated heterocycles. The highest BCUT2D eigenvalue weighted by Gasteiger charge is 2.36. The molecule has 1 aliphatic heterocycles. The fourth-order valence-corrected chi connectivity index (χ4v) is 2.23. The van der Waals surface area contributed by atoms with Crippen molar-refractivity contribution >= 4 is 11.4 Å². The van der Waals surface area contributed by atoms with Crippen molar-refractivity contribution in [2.75, 3.05) is 30.4 Å². The van der Waals surface area contributed by atoms with E-state index in [2.05, 4.69) is 5.32 Å². The van der Waals surface area contributed by atoms with Gasteiger partial charge in [-0.3, -0.25) is 0 Å². The Labute approximate surface area is 98.4 Å². The lowest BCUT2D eigenvalue weighted by atomic mass is 10.1. The number of halogens is 3. The van der Waals surface area contributed by atoms with Crippen LogP contribution in [0.1, 0.15) is 12.5 Å². The molecule has 1 heterocycles. The minimum absolute atomic E-state index is 0.254. The number of para-hydroxylation sites is 1. The predicted molar refractivity (Wildman–Crippen MR) is 62.4 cm³/mol. The Morgan fingerprint density at radius 3 is 2.71 bits per heavy atom. The fourth-order valence-electron chi connectivity index (χ4n) is 2.23. The summed E-state index contributed by atoms with van der Waals surface area (Å²) >= 11 is 0. The average Bonchev–Trinajstić information content (AvgIpc) is 2.37. The van der Waals surface area contributed by atoms with Gasteiger partial charge in [0.2, 0.25) is 0 Å². The number of nitrogens with zero attached hydrogens (tertiary/aromatic N) is 1. The molecule has 1 unspecified atom stereocenters.